The number of fused-ring (bicyclic) bond motifs is 7. The van der Waals surface area contributed by atoms with Crippen molar-refractivity contribution in [2.75, 3.05) is 11.4 Å². The van der Waals surface area contributed by atoms with E-state index in [4.69, 9.17) is 0 Å². The maximum atomic E-state index is 14.2. The van der Waals surface area contributed by atoms with Crippen LogP contribution in [0.5, 0.6) is 0 Å². The van der Waals surface area contributed by atoms with Gasteiger partial charge in [0.05, 0.1) is 27.2 Å². The largest absolute Gasteiger partial charge is 0.871 e. The van der Waals surface area contributed by atoms with Crippen molar-refractivity contribution in [3.63, 3.8) is 0 Å². The van der Waals surface area contributed by atoms with Gasteiger partial charge in [-0.05, 0) is 143 Å². The summed E-state index contributed by atoms with van der Waals surface area (Å²) in [4.78, 5) is 30.8. The number of unbranched alkanes of at least 4 members (excludes halogenated alkanes) is 5. The van der Waals surface area contributed by atoms with Gasteiger partial charge in [0.25, 0.3) is 0 Å². The fourth-order valence-electron chi connectivity index (χ4n) is 13.0. The minimum atomic E-state index is -0.983. The van der Waals surface area contributed by atoms with Gasteiger partial charge in [-0.2, -0.15) is 4.58 Å². The lowest BCUT2D eigenvalue weighted by molar-refractivity contribution is -0.438. The lowest BCUT2D eigenvalue weighted by Crippen LogP contribution is -2.34. The molecule has 3 aliphatic carbocycles. The van der Waals surface area contributed by atoms with Crippen molar-refractivity contribution in [3.05, 3.63) is 208 Å². The Morgan fingerprint density at radius 3 is 1.78 bits per heavy atom. The molecule has 386 valence electrons. The summed E-state index contributed by atoms with van der Waals surface area (Å²) in [5, 5.41) is 24.1. The van der Waals surface area contributed by atoms with Crippen LogP contribution in [0.25, 0.3) is 48.8 Å². The lowest BCUT2D eigenvalue weighted by Gasteiger charge is -2.31. The quantitative estimate of drug-likeness (QED) is 0.0628. The number of aromatic nitrogens is 1. The van der Waals surface area contributed by atoms with E-state index in [-0.39, 0.29) is 39.1 Å². The highest BCUT2D eigenvalue weighted by Gasteiger charge is 2.46. The van der Waals surface area contributed by atoms with Gasteiger partial charge < -0.3 is 19.7 Å². The molecule has 6 aromatic carbocycles. The Morgan fingerprint density at radius 2 is 1.17 bits per heavy atom. The summed E-state index contributed by atoms with van der Waals surface area (Å²) >= 11 is 1.69. The number of aromatic carboxylic acids is 1. The van der Waals surface area contributed by atoms with Crippen LogP contribution in [0.3, 0.4) is 0 Å². The van der Waals surface area contributed by atoms with E-state index in [1.54, 1.807) is 29.5 Å². The third-order valence-electron chi connectivity index (χ3n) is 17.4. The maximum absolute atomic E-state index is 14.2. The predicted molar refractivity (Wildman–Crippen MR) is 314 cm³/mol. The van der Waals surface area contributed by atoms with E-state index in [2.05, 4.69) is 179 Å². The second kappa shape index (κ2) is 18.7. The lowest BCUT2D eigenvalue weighted by atomic mass is 9.78. The molecule has 1 aliphatic heterocycles. The molecule has 0 saturated heterocycles. The van der Waals surface area contributed by atoms with Gasteiger partial charge in [0.2, 0.25) is 5.69 Å². The van der Waals surface area contributed by atoms with E-state index in [1.165, 1.54) is 63.8 Å². The van der Waals surface area contributed by atoms with Gasteiger partial charge >= 0.3 is 5.97 Å². The molecule has 0 unspecified atom stereocenters. The number of hydrogen-bond acceptors (Lipinski definition) is 5. The summed E-state index contributed by atoms with van der Waals surface area (Å²) in [6.45, 7) is 16.4. The number of thiophene rings is 1. The number of ketones is 1. The molecular weight excluding hydrogens is 967 g/mol. The second-order valence-corrected chi connectivity index (χ2v) is 24.2. The van der Waals surface area contributed by atoms with Crippen molar-refractivity contribution < 1.29 is 24.4 Å². The number of carboxylic acids is 1. The van der Waals surface area contributed by atoms with Crippen LogP contribution in [0.15, 0.2) is 169 Å². The van der Waals surface area contributed by atoms with E-state index in [1.807, 2.05) is 29.8 Å². The zero-order valence-corrected chi connectivity index (χ0v) is 46.2. The van der Waals surface area contributed by atoms with Crippen LogP contribution >= 0.6 is 11.3 Å². The van der Waals surface area contributed by atoms with Crippen LogP contribution in [0, 0.1) is 0 Å². The molecule has 8 heteroatoms. The number of nitrogens with zero attached hydrogens (tertiary/aromatic N) is 3. The first-order valence-electron chi connectivity index (χ1n) is 27.4. The number of benzene rings is 6. The van der Waals surface area contributed by atoms with Crippen LogP contribution in [0.1, 0.15) is 131 Å². The molecule has 0 bridgehead atoms. The van der Waals surface area contributed by atoms with Crippen LogP contribution in [-0.4, -0.2) is 38.3 Å². The number of carboxylic acid groups (broad SMARTS) is 1. The predicted octanol–water partition coefficient (Wildman–Crippen LogP) is 16.2. The Hall–Kier alpha value is -7.81. The molecule has 12 rings (SSSR count). The molecule has 8 aromatic rings. The van der Waals surface area contributed by atoms with Gasteiger partial charge in [0.15, 0.2) is 11.5 Å². The van der Waals surface area contributed by atoms with Crippen LogP contribution in [0.2, 0.25) is 0 Å². The van der Waals surface area contributed by atoms with Crippen molar-refractivity contribution in [1.29, 1.82) is 0 Å². The average Bonchev–Trinajstić information content (AvgIpc) is 4.22. The number of carbonyl (C=O) groups is 2. The number of rotatable bonds is 15. The zero-order valence-electron chi connectivity index (χ0n) is 45.4. The normalized spacial score (nSPS) is 16.6. The summed E-state index contributed by atoms with van der Waals surface area (Å²) in [7, 11) is 1.92. The molecule has 7 nitrogen and oxygen atoms in total. The first-order valence-corrected chi connectivity index (χ1v) is 28.2. The van der Waals surface area contributed by atoms with E-state index < -0.39 is 11.4 Å². The molecule has 0 radical (unpaired) electrons. The molecule has 0 fully saturated rings. The van der Waals surface area contributed by atoms with Crippen molar-refractivity contribution in [2.45, 2.75) is 103 Å². The van der Waals surface area contributed by atoms with Crippen LogP contribution < -0.4 is 10.0 Å². The molecule has 4 aliphatic rings. The Balaban J connectivity index is 0.841. The molecule has 0 amide bonds. The number of hydrogen-bond donors (Lipinski definition) is 1. The van der Waals surface area contributed by atoms with E-state index >= 15 is 0 Å². The molecule has 0 spiro atoms. The molecule has 0 saturated carbocycles. The van der Waals surface area contributed by atoms with Gasteiger partial charge in [-0.15, -0.1) is 11.3 Å². The molecule has 2 aromatic heterocycles. The van der Waals surface area contributed by atoms with Gasteiger partial charge in [-0.3, -0.25) is 4.79 Å². The molecule has 0 atom stereocenters. The number of allylic oxidation sites excluding steroid dienone is 3. The fraction of sp³-hybridized carbons (Fsp3) is 0.261. The molecule has 1 N–H and O–H groups in total. The minimum Gasteiger partial charge on any atom is -0.871 e. The monoisotopic (exact) mass is 1030 g/mol. The number of Topliss-reactive ketones (excluding diaryl/α,β-unsaturated/α-hetero) is 1. The van der Waals surface area contributed by atoms with Gasteiger partial charge in [0.1, 0.15) is 6.54 Å². The topological polar surface area (TPSA) is 88.6 Å². The standard InChI is InChI=1S/C69H65N3O4S/c1-9-10-11-12-13-18-37-71-57-32-25-43(66(75)76)38-56(57)69(6,7)62(71)41-51-64(73)63(65(51)74)59-34-33-58(70(59)8)61-36-35-60(77-61)42-23-26-44(27-24-42)72(45-28-30-49-47-19-14-16-21-52(47)67(2,3)54(49)39-45)46-29-31-50-48-20-15-17-22-53(48)68(4,5)55(50)40-46/h14-17,19-36,38-41H,9-13,18,37H2,1-8H3,(H-,73,74,75,76). The first kappa shape index (κ1) is 50.0. The van der Waals surface area contributed by atoms with E-state index in [0.29, 0.717) is 12.2 Å². The summed E-state index contributed by atoms with van der Waals surface area (Å²) in [6, 6.07) is 53.9. The van der Waals surface area contributed by atoms with Crippen molar-refractivity contribution in [2.24, 2.45) is 7.05 Å². The summed E-state index contributed by atoms with van der Waals surface area (Å²) in [5.41, 5.74) is 18.8. The zero-order chi connectivity index (χ0) is 53.7. The van der Waals surface area contributed by atoms with E-state index in [0.717, 1.165) is 74.3 Å². The average molecular weight is 1030 g/mol. The Morgan fingerprint density at radius 1 is 0.610 bits per heavy atom. The third-order valence-corrected chi connectivity index (χ3v) is 18.6. The fourth-order valence-corrected chi connectivity index (χ4v) is 14.1. The van der Waals surface area contributed by atoms with Crippen LogP contribution in [0.4, 0.5) is 22.7 Å². The third kappa shape index (κ3) is 8.00. The molecule has 77 heavy (non-hydrogen) atoms. The Labute approximate surface area is 456 Å². The Bertz CT molecular complexity index is 3750. The maximum Gasteiger partial charge on any atom is 0.335 e. The minimum absolute atomic E-state index is 0.149. The van der Waals surface area contributed by atoms with Gasteiger partial charge in [-0.25, -0.2) is 4.79 Å². The Kier molecular flexibility index (Phi) is 12.2. The molecular formula is C69H65N3O4S. The second-order valence-electron chi connectivity index (χ2n) is 23.1. The summed E-state index contributed by atoms with van der Waals surface area (Å²) < 4.78 is 4.17. The highest BCUT2D eigenvalue weighted by molar-refractivity contribution is 7.18. The smallest absolute Gasteiger partial charge is 0.335 e. The van der Waals surface area contributed by atoms with Crippen LogP contribution in [-0.2, 0) is 28.1 Å². The van der Waals surface area contributed by atoms with Crippen molar-refractivity contribution in [1.82, 2.24) is 4.57 Å². The highest BCUT2D eigenvalue weighted by atomic mass is 32.1. The number of carbonyl (C=O) groups excluding carboxylic acids is 1. The van der Waals surface area contributed by atoms with Crippen molar-refractivity contribution >= 4 is 57.1 Å². The molecule has 3 heterocycles. The SMILES string of the molecule is CCCCCCCC[N+]1=C(/C=C2/C(=O)C(c3ccc(-c4ccc(-c5ccc(N(c6ccc7c(c6)C(C)(C)c6ccccc6-7)c6ccc7c(c6)C(C)(C)c6ccccc6-7)cc5)s4)n3C)=C2[O-])C(C)(C)c2cc(C(=O)O)ccc21. The number of anilines is 3. The van der Waals surface area contributed by atoms with E-state index in [9.17, 15) is 19.8 Å². The van der Waals surface area contributed by atoms with Crippen molar-refractivity contribution in [3.8, 4) is 43.3 Å². The van der Waals surface area contributed by atoms with Gasteiger partial charge in [-0.1, -0.05) is 139 Å². The first-order chi connectivity index (χ1) is 37.0. The summed E-state index contributed by atoms with van der Waals surface area (Å²) in [5.74, 6) is -1.52. The summed E-state index contributed by atoms with van der Waals surface area (Å²) in [6.07, 6.45) is 8.54. The van der Waals surface area contributed by atoms with Gasteiger partial charge in [0, 0.05) is 75.1 Å². The highest BCUT2D eigenvalue weighted by Crippen LogP contribution is 2.54.